The van der Waals surface area contributed by atoms with E-state index in [-0.39, 0.29) is 11.8 Å². The maximum atomic E-state index is 12.4. The van der Waals surface area contributed by atoms with Gasteiger partial charge in [-0.2, -0.15) is 5.26 Å². The highest BCUT2D eigenvalue weighted by Gasteiger charge is 2.31. The zero-order valence-corrected chi connectivity index (χ0v) is 12.1. The zero-order valence-electron chi connectivity index (χ0n) is 12.1. The molecule has 19 heavy (non-hydrogen) atoms. The minimum atomic E-state index is 0.159. The summed E-state index contributed by atoms with van der Waals surface area (Å²) in [6, 6.07) is 2.90. The molecule has 0 unspecified atom stereocenters. The molecule has 0 N–H and O–H groups in total. The molecule has 0 radical (unpaired) electrons. The van der Waals surface area contributed by atoms with Gasteiger partial charge in [-0.15, -0.1) is 0 Å². The van der Waals surface area contributed by atoms with Crippen LogP contribution in [0.25, 0.3) is 0 Å². The summed E-state index contributed by atoms with van der Waals surface area (Å²) >= 11 is 0. The van der Waals surface area contributed by atoms with Crippen molar-refractivity contribution >= 4 is 5.91 Å². The number of hydrogen-bond acceptors (Lipinski definition) is 3. The molecule has 1 amide bonds. The number of nitrogens with zero attached hydrogens (tertiary/aromatic N) is 3. The third kappa shape index (κ3) is 3.48. The molecule has 2 fully saturated rings. The highest BCUT2D eigenvalue weighted by atomic mass is 16.2. The Kier molecular flexibility index (Phi) is 4.81. The van der Waals surface area contributed by atoms with Crippen molar-refractivity contribution in [1.82, 2.24) is 9.80 Å². The van der Waals surface area contributed by atoms with E-state index in [0.717, 1.165) is 51.9 Å². The van der Waals surface area contributed by atoms with Crippen molar-refractivity contribution in [2.24, 2.45) is 11.8 Å². The molecule has 0 aliphatic carbocycles. The second-order valence-electron chi connectivity index (χ2n) is 6.13. The number of carbonyl (C=O) groups is 1. The van der Waals surface area contributed by atoms with E-state index in [2.05, 4.69) is 24.8 Å². The third-order valence-electron chi connectivity index (χ3n) is 4.60. The highest BCUT2D eigenvalue weighted by Crippen LogP contribution is 2.24. The second-order valence-corrected chi connectivity index (χ2v) is 6.13. The quantitative estimate of drug-likeness (QED) is 0.764. The van der Waals surface area contributed by atoms with Crippen LogP contribution in [-0.4, -0.2) is 47.9 Å². The van der Waals surface area contributed by atoms with Gasteiger partial charge in [0.25, 0.3) is 0 Å². The van der Waals surface area contributed by atoms with E-state index in [9.17, 15) is 4.79 Å². The van der Waals surface area contributed by atoms with Crippen LogP contribution in [0.1, 0.15) is 39.5 Å². The van der Waals surface area contributed by atoms with Crippen LogP contribution in [0.5, 0.6) is 0 Å². The second kappa shape index (κ2) is 6.38. The molecule has 0 atom stereocenters. The summed E-state index contributed by atoms with van der Waals surface area (Å²) in [7, 11) is 0. The molecule has 2 aliphatic heterocycles. The number of likely N-dealkylation sites (tertiary alicyclic amines) is 2. The van der Waals surface area contributed by atoms with Gasteiger partial charge in [0.2, 0.25) is 5.91 Å². The van der Waals surface area contributed by atoms with Crippen LogP contribution in [-0.2, 0) is 4.79 Å². The Morgan fingerprint density at radius 2 is 1.68 bits per heavy atom. The molecule has 0 bridgehead atoms. The molecule has 2 aliphatic rings. The minimum absolute atomic E-state index is 0.159. The Morgan fingerprint density at radius 3 is 2.16 bits per heavy atom. The molecule has 2 saturated heterocycles. The Hall–Kier alpha value is -1.08. The zero-order chi connectivity index (χ0) is 13.8. The summed E-state index contributed by atoms with van der Waals surface area (Å²) in [4.78, 5) is 16.9. The first kappa shape index (κ1) is 14.3. The van der Waals surface area contributed by atoms with Crippen LogP contribution in [0.3, 0.4) is 0 Å². The summed E-state index contributed by atoms with van der Waals surface area (Å²) in [6.07, 6.45) is 3.70. The Labute approximate surface area is 116 Å². The minimum Gasteiger partial charge on any atom is -0.342 e. The van der Waals surface area contributed by atoms with Crippen molar-refractivity contribution in [1.29, 1.82) is 5.26 Å². The van der Waals surface area contributed by atoms with Crippen LogP contribution in [0.15, 0.2) is 0 Å². The van der Waals surface area contributed by atoms with Crippen LogP contribution >= 0.6 is 0 Å². The molecule has 106 valence electrons. The van der Waals surface area contributed by atoms with Crippen molar-refractivity contribution in [2.45, 2.75) is 45.6 Å². The average molecular weight is 263 g/mol. The maximum Gasteiger partial charge on any atom is 0.225 e. The van der Waals surface area contributed by atoms with Crippen LogP contribution in [0, 0.1) is 23.2 Å². The lowest BCUT2D eigenvalue weighted by molar-refractivity contribution is -0.138. The van der Waals surface area contributed by atoms with Gasteiger partial charge in [0.15, 0.2) is 0 Å². The van der Waals surface area contributed by atoms with Gasteiger partial charge in [0, 0.05) is 31.0 Å². The van der Waals surface area contributed by atoms with Gasteiger partial charge in [-0.1, -0.05) is 0 Å². The first-order chi connectivity index (χ1) is 9.11. The first-order valence-electron chi connectivity index (χ1n) is 7.54. The molecule has 4 nitrogen and oxygen atoms in total. The fourth-order valence-electron chi connectivity index (χ4n) is 3.15. The maximum absolute atomic E-state index is 12.4. The first-order valence-corrected chi connectivity index (χ1v) is 7.54. The van der Waals surface area contributed by atoms with Crippen molar-refractivity contribution < 1.29 is 4.79 Å². The van der Waals surface area contributed by atoms with Gasteiger partial charge in [-0.25, -0.2) is 0 Å². The largest absolute Gasteiger partial charge is 0.342 e. The molecular weight excluding hydrogens is 238 g/mol. The molecule has 0 aromatic carbocycles. The van der Waals surface area contributed by atoms with Crippen LogP contribution in [0.4, 0.5) is 0 Å². The molecule has 2 heterocycles. The van der Waals surface area contributed by atoms with E-state index in [0.29, 0.717) is 11.9 Å². The van der Waals surface area contributed by atoms with Crippen LogP contribution in [0.2, 0.25) is 0 Å². The fraction of sp³-hybridized carbons (Fsp3) is 0.867. The SMILES string of the molecule is CC(C)N1CCC(C(=O)N2CCC(C#N)CC2)CC1. The normalized spacial score (nSPS) is 23.6. The molecule has 2 rings (SSSR count). The fourth-order valence-corrected chi connectivity index (χ4v) is 3.15. The summed E-state index contributed by atoms with van der Waals surface area (Å²) in [5.41, 5.74) is 0. The summed E-state index contributed by atoms with van der Waals surface area (Å²) in [5, 5.41) is 8.89. The van der Waals surface area contributed by atoms with Crippen molar-refractivity contribution in [3.63, 3.8) is 0 Å². The van der Waals surface area contributed by atoms with E-state index in [1.54, 1.807) is 0 Å². The van der Waals surface area contributed by atoms with Gasteiger partial charge < -0.3 is 9.80 Å². The van der Waals surface area contributed by atoms with E-state index in [1.165, 1.54) is 0 Å². The van der Waals surface area contributed by atoms with E-state index < -0.39 is 0 Å². The smallest absolute Gasteiger partial charge is 0.225 e. The Bertz CT molecular complexity index is 345. The lowest BCUT2D eigenvalue weighted by Crippen LogP contribution is -2.46. The summed E-state index contributed by atoms with van der Waals surface area (Å²) < 4.78 is 0. The average Bonchev–Trinajstić information content (AvgIpc) is 2.46. The predicted octanol–water partition coefficient (Wildman–Crippen LogP) is 1.87. The van der Waals surface area contributed by atoms with Gasteiger partial charge >= 0.3 is 0 Å². The molecular formula is C15H25N3O. The molecule has 4 heteroatoms. The standard InChI is InChI=1S/C15H25N3O/c1-12(2)17-9-5-14(6-10-17)15(19)18-7-3-13(11-16)4-8-18/h12-14H,3-10H2,1-2H3. The lowest BCUT2D eigenvalue weighted by atomic mass is 9.92. The Morgan fingerprint density at radius 1 is 1.11 bits per heavy atom. The van der Waals surface area contributed by atoms with Crippen molar-refractivity contribution in [3.8, 4) is 6.07 Å². The van der Waals surface area contributed by atoms with E-state index in [4.69, 9.17) is 5.26 Å². The monoisotopic (exact) mass is 263 g/mol. The van der Waals surface area contributed by atoms with Gasteiger partial charge in [-0.3, -0.25) is 4.79 Å². The highest BCUT2D eigenvalue weighted by molar-refractivity contribution is 5.79. The number of piperidine rings is 2. The number of amides is 1. The van der Waals surface area contributed by atoms with Gasteiger partial charge in [-0.05, 0) is 52.6 Å². The van der Waals surface area contributed by atoms with Gasteiger partial charge in [0.05, 0.1) is 6.07 Å². The topological polar surface area (TPSA) is 47.3 Å². The summed E-state index contributed by atoms with van der Waals surface area (Å²) in [5.74, 6) is 0.709. The van der Waals surface area contributed by atoms with E-state index >= 15 is 0 Å². The van der Waals surface area contributed by atoms with E-state index in [1.807, 2.05) is 4.90 Å². The van der Waals surface area contributed by atoms with Gasteiger partial charge in [0.1, 0.15) is 0 Å². The molecule has 0 aromatic rings. The Balaban J connectivity index is 1.80. The molecule has 0 spiro atoms. The van der Waals surface area contributed by atoms with Crippen molar-refractivity contribution in [3.05, 3.63) is 0 Å². The third-order valence-corrected chi connectivity index (χ3v) is 4.60. The van der Waals surface area contributed by atoms with Crippen molar-refractivity contribution in [2.75, 3.05) is 26.2 Å². The predicted molar refractivity (Wildman–Crippen MR) is 74.4 cm³/mol. The number of carbonyl (C=O) groups excluding carboxylic acids is 1. The summed E-state index contributed by atoms with van der Waals surface area (Å²) in [6.45, 7) is 8.08. The molecule has 0 saturated carbocycles. The van der Waals surface area contributed by atoms with Crippen LogP contribution < -0.4 is 0 Å². The number of nitriles is 1. The number of hydrogen-bond donors (Lipinski definition) is 0. The lowest BCUT2D eigenvalue weighted by Gasteiger charge is -2.37. The molecule has 0 aromatic heterocycles. The number of rotatable bonds is 2.